The third-order valence-corrected chi connectivity index (χ3v) is 12.9. The van der Waals surface area contributed by atoms with Crippen LogP contribution in [-0.4, -0.2) is 37.2 Å². The summed E-state index contributed by atoms with van der Waals surface area (Å²) in [5.74, 6) is -0.860. The SMILES string of the molecule is CC/C=C\C/C=C\C/C=C\CCCCCCCCCC(=O)OCC(COC(=O)CCCCCCCCCCCCCCCCC)OC(=O)CCCCCCCCCCCCCCCCCC. The summed E-state index contributed by atoms with van der Waals surface area (Å²) >= 11 is 0. The monoisotopic (exact) mass is 927 g/mol. The first-order chi connectivity index (χ1) is 32.5. The van der Waals surface area contributed by atoms with Gasteiger partial charge in [-0.25, -0.2) is 0 Å². The van der Waals surface area contributed by atoms with E-state index in [-0.39, 0.29) is 31.1 Å². The minimum absolute atomic E-state index is 0.0701. The Hall–Kier alpha value is -2.37. The molecule has 6 nitrogen and oxygen atoms in total. The van der Waals surface area contributed by atoms with E-state index in [1.54, 1.807) is 0 Å². The molecular formula is C60H110O6. The molecule has 386 valence electrons. The predicted molar refractivity (Wildman–Crippen MR) is 284 cm³/mol. The van der Waals surface area contributed by atoms with Crippen molar-refractivity contribution in [1.29, 1.82) is 0 Å². The van der Waals surface area contributed by atoms with Crippen LogP contribution in [0.15, 0.2) is 36.5 Å². The average Bonchev–Trinajstić information content (AvgIpc) is 3.31. The van der Waals surface area contributed by atoms with Crippen LogP contribution in [0.1, 0.15) is 310 Å². The van der Waals surface area contributed by atoms with E-state index in [1.165, 1.54) is 186 Å². The van der Waals surface area contributed by atoms with Crippen molar-refractivity contribution in [3.63, 3.8) is 0 Å². The Morgan fingerprint density at radius 1 is 0.318 bits per heavy atom. The maximum atomic E-state index is 12.9. The first-order valence-electron chi connectivity index (χ1n) is 29.0. The zero-order chi connectivity index (χ0) is 47.9. The lowest BCUT2D eigenvalue weighted by Crippen LogP contribution is -2.30. The van der Waals surface area contributed by atoms with Gasteiger partial charge in [-0.1, -0.05) is 276 Å². The van der Waals surface area contributed by atoms with Crippen molar-refractivity contribution in [3.8, 4) is 0 Å². The van der Waals surface area contributed by atoms with Gasteiger partial charge in [0, 0.05) is 19.3 Å². The molecule has 0 spiro atoms. The fourth-order valence-corrected chi connectivity index (χ4v) is 8.58. The van der Waals surface area contributed by atoms with Crippen LogP contribution in [0.2, 0.25) is 0 Å². The van der Waals surface area contributed by atoms with Crippen LogP contribution in [0.25, 0.3) is 0 Å². The highest BCUT2D eigenvalue weighted by atomic mass is 16.6. The van der Waals surface area contributed by atoms with Crippen LogP contribution in [0.4, 0.5) is 0 Å². The Morgan fingerprint density at radius 3 is 0.924 bits per heavy atom. The van der Waals surface area contributed by atoms with E-state index in [4.69, 9.17) is 14.2 Å². The van der Waals surface area contributed by atoms with E-state index in [0.29, 0.717) is 19.3 Å². The molecule has 0 bridgehead atoms. The summed E-state index contributed by atoms with van der Waals surface area (Å²) < 4.78 is 16.9. The molecule has 0 aliphatic heterocycles. The van der Waals surface area contributed by atoms with Gasteiger partial charge >= 0.3 is 17.9 Å². The molecule has 0 aromatic heterocycles. The number of carbonyl (C=O) groups excluding carboxylic acids is 3. The first-order valence-corrected chi connectivity index (χ1v) is 29.0. The van der Waals surface area contributed by atoms with Crippen molar-refractivity contribution >= 4 is 17.9 Å². The van der Waals surface area contributed by atoms with E-state index < -0.39 is 6.10 Å². The summed E-state index contributed by atoms with van der Waals surface area (Å²) in [5, 5.41) is 0. The van der Waals surface area contributed by atoms with E-state index >= 15 is 0 Å². The van der Waals surface area contributed by atoms with Gasteiger partial charge < -0.3 is 14.2 Å². The van der Waals surface area contributed by atoms with Gasteiger partial charge in [-0.3, -0.25) is 14.4 Å². The molecule has 0 rings (SSSR count). The van der Waals surface area contributed by atoms with Crippen molar-refractivity contribution in [1.82, 2.24) is 0 Å². The Morgan fingerprint density at radius 2 is 0.591 bits per heavy atom. The molecule has 1 unspecified atom stereocenters. The average molecular weight is 928 g/mol. The van der Waals surface area contributed by atoms with Gasteiger partial charge in [-0.2, -0.15) is 0 Å². The minimum Gasteiger partial charge on any atom is -0.462 e. The number of ether oxygens (including phenoxy) is 3. The molecule has 0 fully saturated rings. The summed E-state index contributed by atoms with van der Waals surface area (Å²) in [6, 6.07) is 0. The lowest BCUT2D eigenvalue weighted by atomic mass is 10.0. The number of unbranched alkanes of at least 4 members (excludes halogenated alkanes) is 36. The van der Waals surface area contributed by atoms with Crippen LogP contribution >= 0.6 is 0 Å². The van der Waals surface area contributed by atoms with Gasteiger partial charge in [0.15, 0.2) is 6.10 Å². The van der Waals surface area contributed by atoms with Gasteiger partial charge in [0.1, 0.15) is 13.2 Å². The number of allylic oxidation sites excluding steroid dienone is 6. The number of carbonyl (C=O) groups is 3. The second kappa shape index (κ2) is 55.2. The largest absolute Gasteiger partial charge is 0.462 e. The number of hydrogen-bond donors (Lipinski definition) is 0. The van der Waals surface area contributed by atoms with Gasteiger partial charge in [-0.05, 0) is 51.4 Å². The Balaban J connectivity index is 4.34. The van der Waals surface area contributed by atoms with Crippen molar-refractivity contribution in [2.24, 2.45) is 0 Å². The quantitative estimate of drug-likeness (QED) is 0.0262. The van der Waals surface area contributed by atoms with Gasteiger partial charge in [0.05, 0.1) is 0 Å². The third kappa shape index (κ3) is 52.6. The summed E-state index contributed by atoms with van der Waals surface area (Å²) in [4.78, 5) is 38.2. The molecule has 0 aliphatic carbocycles. The number of hydrogen-bond acceptors (Lipinski definition) is 6. The molecule has 0 aromatic carbocycles. The van der Waals surface area contributed by atoms with E-state index in [2.05, 4.69) is 57.2 Å². The van der Waals surface area contributed by atoms with Crippen LogP contribution in [0, 0.1) is 0 Å². The third-order valence-electron chi connectivity index (χ3n) is 12.9. The fraction of sp³-hybridized carbons (Fsp3) is 0.850. The zero-order valence-corrected chi connectivity index (χ0v) is 44.2. The highest BCUT2D eigenvalue weighted by molar-refractivity contribution is 5.71. The highest BCUT2D eigenvalue weighted by Crippen LogP contribution is 2.17. The standard InChI is InChI=1S/C60H110O6/c1-4-7-10-13-16-19-22-25-28-30-33-35-38-41-44-47-50-53-59(62)65-56-57(55-64-58(61)52-49-46-43-40-37-34-31-27-24-21-18-15-12-9-6-3)66-60(63)54-51-48-45-42-39-36-32-29-26-23-20-17-14-11-8-5-2/h7,10,16,19,25,28,57H,4-6,8-9,11-15,17-18,20-24,26-27,29-56H2,1-3H3/b10-7-,19-16-,28-25-. The number of esters is 3. The molecule has 0 aromatic rings. The topological polar surface area (TPSA) is 78.9 Å². The highest BCUT2D eigenvalue weighted by Gasteiger charge is 2.19. The normalized spacial score (nSPS) is 12.2. The van der Waals surface area contributed by atoms with Gasteiger partial charge in [-0.15, -0.1) is 0 Å². The maximum absolute atomic E-state index is 12.9. The van der Waals surface area contributed by atoms with Crippen molar-refractivity contribution in [2.45, 2.75) is 316 Å². The Labute approximate surface area is 410 Å². The van der Waals surface area contributed by atoms with Gasteiger partial charge in [0.25, 0.3) is 0 Å². The minimum atomic E-state index is -0.771. The molecular weight excluding hydrogens is 817 g/mol. The van der Waals surface area contributed by atoms with Crippen molar-refractivity contribution < 1.29 is 28.6 Å². The molecule has 0 saturated heterocycles. The smallest absolute Gasteiger partial charge is 0.306 e. The molecule has 0 aliphatic rings. The Bertz CT molecular complexity index is 1110. The molecule has 66 heavy (non-hydrogen) atoms. The molecule has 6 heteroatoms. The van der Waals surface area contributed by atoms with Crippen molar-refractivity contribution in [2.75, 3.05) is 13.2 Å². The summed E-state index contributed by atoms with van der Waals surface area (Å²) in [5.41, 5.74) is 0. The lowest BCUT2D eigenvalue weighted by Gasteiger charge is -2.18. The van der Waals surface area contributed by atoms with E-state index in [1.807, 2.05) is 0 Å². The van der Waals surface area contributed by atoms with Crippen LogP contribution in [0.5, 0.6) is 0 Å². The van der Waals surface area contributed by atoms with E-state index in [9.17, 15) is 14.4 Å². The zero-order valence-electron chi connectivity index (χ0n) is 44.2. The second-order valence-electron chi connectivity index (χ2n) is 19.5. The van der Waals surface area contributed by atoms with Crippen molar-refractivity contribution in [3.05, 3.63) is 36.5 Å². The molecule has 0 amide bonds. The van der Waals surface area contributed by atoms with Gasteiger partial charge in [0.2, 0.25) is 0 Å². The van der Waals surface area contributed by atoms with Crippen LogP contribution in [0.3, 0.4) is 0 Å². The van der Waals surface area contributed by atoms with E-state index in [0.717, 1.165) is 83.5 Å². The van der Waals surface area contributed by atoms with Crippen LogP contribution < -0.4 is 0 Å². The maximum Gasteiger partial charge on any atom is 0.306 e. The molecule has 0 saturated carbocycles. The molecule has 0 N–H and O–H groups in total. The Kier molecular flexibility index (Phi) is 53.2. The summed E-state index contributed by atoms with van der Waals surface area (Å²) in [6.45, 7) is 6.57. The predicted octanol–water partition coefficient (Wildman–Crippen LogP) is 19.3. The lowest BCUT2D eigenvalue weighted by molar-refractivity contribution is -0.167. The van der Waals surface area contributed by atoms with Crippen LogP contribution in [-0.2, 0) is 28.6 Å². The first kappa shape index (κ1) is 63.6. The number of rotatable bonds is 53. The molecule has 1 atom stereocenters. The summed E-state index contributed by atoms with van der Waals surface area (Å²) in [6.07, 6.45) is 65.6. The molecule has 0 radical (unpaired) electrons. The summed E-state index contributed by atoms with van der Waals surface area (Å²) in [7, 11) is 0. The molecule has 0 heterocycles. The fourth-order valence-electron chi connectivity index (χ4n) is 8.58. The second-order valence-corrected chi connectivity index (χ2v) is 19.5.